The van der Waals surface area contributed by atoms with Crippen molar-refractivity contribution in [2.75, 3.05) is 0 Å². The quantitative estimate of drug-likeness (QED) is 0.584. The van der Waals surface area contributed by atoms with Gasteiger partial charge in [-0.3, -0.25) is 4.79 Å². The Kier molecular flexibility index (Phi) is 3.13. The zero-order valence-electron chi connectivity index (χ0n) is 13.6. The van der Waals surface area contributed by atoms with Crippen molar-refractivity contribution in [3.05, 3.63) is 65.4 Å². The van der Waals surface area contributed by atoms with E-state index in [1.165, 1.54) is 0 Å². The average molecular weight is 315 g/mol. The summed E-state index contributed by atoms with van der Waals surface area (Å²) < 4.78 is 0. The third-order valence-electron chi connectivity index (χ3n) is 4.41. The maximum atomic E-state index is 11.5. The molecule has 0 unspecified atom stereocenters. The fraction of sp³-hybridized carbons (Fsp3) is 0.100. The van der Waals surface area contributed by atoms with Crippen molar-refractivity contribution < 1.29 is 4.79 Å². The Morgan fingerprint density at radius 3 is 2.75 bits per heavy atom. The van der Waals surface area contributed by atoms with Crippen LogP contribution in [0.4, 0.5) is 0 Å². The van der Waals surface area contributed by atoms with Gasteiger partial charge in [-0.25, -0.2) is 4.98 Å². The molecule has 4 heteroatoms. The zero-order chi connectivity index (χ0) is 16.8. The van der Waals surface area contributed by atoms with E-state index in [-0.39, 0.29) is 0 Å². The number of pyridine rings is 1. The molecule has 0 fully saturated rings. The third kappa shape index (κ3) is 2.15. The Morgan fingerprint density at radius 2 is 1.96 bits per heavy atom. The number of carbonyl (C=O) groups is 1. The number of aromatic nitrogens is 2. The van der Waals surface area contributed by atoms with Crippen molar-refractivity contribution in [3.63, 3.8) is 0 Å². The maximum absolute atomic E-state index is 11.5. The standard InChI is InChI=1S/C20H17N3O/c1-11-8-16-17-15(13-4-3-5-14(9-13)19(21)24)7-6-12(2)18(17)23-20(16)22-10-11/h3-10H,1-2H3,(H2,21,24)(H,22,23). The molecule has 0 aliphatic heterocycles. The van der Waals surface area contributed by atoms with E-state index in [1.807, 2.05) is 31.3 Å². The van der Waals surface area contributed by atoms with E-state index in [2.05, 4.69) is 35.1 Å². The Bertz CT molecular complexity index is 1110. The molecule has 0 aliphatic carbocycles. The number of hydrogen-bond acceptors (Lipinski definition) is 2. The highest BCUT2D eigenvalue weighted by Gasteiger charge is 2.14. The molecule has 2 heterocycles. The minimum Gasteiger partial charge on any atom is -0.366 e. The Morgan fingerprint density at radius 1 is 1.12 bits per heavy atom. The molecule has 0 atom stereocenters. The number of nitrogens with two attached hydrogens (primary N) is 1. The molecule has 4 aromatic rings. The van der Waals surface area contributed by atoms with Gasteiger partial charge in [-0.05, 0) is 54.3 Å². The Labute approximate surface area is 139 Å². The maximum Gasteiger partial charge on any atom is 0.248 e. The third-order valence-corrected chi connectivity index (χ3v) is 4.41. The van der Waals surface area contributed by atoms with E-state index in [9.17, 15) is 4.79 Å². The predicted octanol–water partition coefficient (Wildman–Crippen LogP) is 4.10. The number of hydrogen-bond donors (Lipinski definition) is 2. The van der Waals surface area contributed by atoms with E-state index < -0.39 is 5.91 Å². The van der Waals surface area contributed by atoms with Gasteiger partial charge in [0.1, 0.15) is 5.65 Å². The van der Waals surface area contributed by atoms with Crippen LogP contribution in [-0.4, -0.2) is 15.9 Å². The summed E-state index contributed by atoms with van der Waals surface area (Å²) >= 11 is 0. The van der Waals surface area contributed by atoms with Crippen molar-refractivity contribution in [1.29, 1.82) is 0 Å². The molecule has 118 valence electrons. The zero-order valence-corrected chi connectivity index (χ0v) is 13.6. The normalized spacial score (nSPS) is 11.2. The van der Waals surface area contributed by atoms with Gasteiger partial charge >= 0.3 is 0 Å². The van der Waals surface area contributed by atoms with Gasteiger partial charge in [0.05, 0.1) is 5.52 Å². The van der Waals surface area contributed by atoms with Crippen LogP contribution in [0, 0.1) is 13.8 Å². The number of nitrogens with one attached hydrogen (secondary N) is 1. The number of primary amides is 1. The molecule has 2 aromatic heterocycles. The molecule has 3 N–H and O–H groups in total. The van der Waals surface area contributed by atoms with Gasteiger partial charge in [0.25, 0.3) is 0 Å². The summed E-state index contributed by atoms with van der Waals surface area (Å²) in [5.41, 5.74) is 12.2. The molecular formula is C20H17N3O. The summed E-state index contributed by atoms with van der Waals surface area (Å²) in [6, 6.07) is 13.7. The largest absolute Gasteiger partial charge is 0.366 e. The van der Waals surface area contributed by atoms with Crippen molar-refractivity contribution >= 4 is 27.8 Å². The second kappa shape index (κ2) is 5.20. The molecular weight excluding hydrogens is 298 g/mol. The number of aryl methyl sites for hydroxylation is 2. The molecule has 0 radical (unpaired) electrons. The number of benzene rings is 2. The van der Waals surface area contributed by atoms with Crippen LogP contribution in [-0.2, 0) is 0 Å². The van der Waals surface area contributed by atoms with Gasteiger partial charge in [-0.1, -0.05) is 24.3 Å². The van der Waals surface area contributed by atoms with Crippen LogP contribution in [0.1, 0.15) is 21.5 Å². The van der Waals surface area contributed by atoms with Crippen molar-refractivity contribution in [1.82, 2.24) is 9.97 Å². The summed E-state index contributed by atoms with van der Waals surface area (Å²) in [7, 11) is 0. The van der Waals surface area contributed by atoms with Gasteiger partial charge in [-0.2, -0.15) is 0 Å². The topological polar surface area (TPSA) is 71.8 Å². The van der Waals surface area contributed by atoms with Gasteiger partial charge < -0.3 is 10.7 Å². The Balaban J connectivity index is 2.11. The number of amides is 1. The second-order valence-corrected chi connectivity index (χ2v) is 6.16. The van der Waals surface area contributed by atoms with E-state index >= 15 is 0 Å². The smallest absolute Gasteiger partial charge is 0.248 e. The van der Waals surface area contributed by atoms with Crippen LogP contribution in [0.2, 0.25) is 0 Å². The number of nitrogens with zero attached hydrogens (tertiary/aromatic N) is 1. The monoisotopic (exact) mass is 315 g/mol. The summed E-state index contributed by atoms with van der Waals surface area (Å²) in [6.07, 6.45) is 1.86. The number of aromatic amines is 1. The highest BCUT2D eigenvalue weighted by molar-refractivity contribution is 6.14. The summed E-state index contributed by atoms with van der Waals surface area (Å²) in [5, 5.41) is 2.22. The van der Waals surface area contributed by atoms with Crippen molar-refractivity contribution in [3.8, 4) is 11.1 Å². The van der Waals surface area contributed by atoms with E-state index in [0.29, 0.717) is 5.56 Å². The highest BCUT2D eigenvalue weighted by Crippen LogP contribution is 2.36. The molecule has 4 rings (SSSR count). The van der Waals surface area contributed by atoms with Gasteiger partial charge in [0.15, 0.2) is 0 Å². The molecule has 0 aliphatic rings. The van der Waals surface area contributed by atoms with Crippen LogP contribution in [0.25, 0.3) is 33.1 Å². The molecule has 0 saturated heterocycles. The van der Waals surface area contributed by atoms with E-state index in [1.54, 1.807) is 6.07 Å². The lowest BCUT2D eigenvalue weighted by molar-refractivity contribution is 0.100. The molecule has 2 aromatic carbocycles. The van der Waals surface area contributed by atoms with Crippen molar-refractivity contribution in [2.45, 2.75) is 13.8 Å². The van der Waals surface area contributed by atoms with Gasteiger partial charge in [0, 0.05) is 22.5 Å². The lowest BCUT2D eigenvalue weighted by Crippen LogP contribution is -2.10. The fourth-order valence-corrected chi connectivity index (χ4v) is 3.21. The van der Waals surface area contributed by atoms with Crippen LogP contribution in [0.3, 0.4) is 0 Å². The molecule has 4 nitrogen and oxygen atoms in total. The first-order valence-corrected chi connectivity index (χ1v) is 7.82. The van der Waals surface area contributed by atoms with E-state index in [0.717, 1.165) is 44.2 Å². The van der Waals surface area contributed by atoms with Crippen LogP contribution in [0.15, 0.2) is 48.7 Å². The van der Waals surface area contributed by atoms with E-state index in [4.69, 9.17) is 5.73 Å². The lowest BCUT2D eigenvalue weighted by Gasteiger charge is -2.08. The first-order valence-electron chi connectivity index (χ1n) is 7.82. The first kappa shape index (κ1) is 14.5. The van der Waals surface area contributed by atoms with Crippen LogP contribution < -0.4 is 5.73 Å². The second-order valence-electron chi connectivity index (χ2n) is 6.16. The number of rotatable bonds is 2. The molecule has 1 amide bonds. The molecule has 24 heavy (non-hydrogen) atoms. The summed E-state index contributed by atoms with van der Waals surface area (Å²) in [5.74, 6) is -0.420. The average Bonchev–Trinajstić information content (AvgIpc) is 2.95. The SMILES string of the molecule is Cc1cnc2[nH]c3c(C)ccc(-c4cccc(C(N)=O)c4)c3c2c1. The number of carbonyl (C=O) groups excluding carboxylic acids is 1. The lowest BCUT2D eigenvalue weighted by atomic mass is 9.96. The summed E-state index contributed by atoms with van der Waals surface area (Å²) in [6.45, 7) is 4.11. The minimum atomic E-state index is -0.420. The number of fused-ring (bicyclic) bond motifs is 3. The first-order chi connectivity index (χ1) is 11.5. The highest BCUT2D eigenvalue weighted by atomic mass is 16.1. The van der Waals surface area contributed by atoms with Gasteiger partial charge in [0.2, 0.25) is 5.91 Å². The summed E-state index contributed by atoms with van der Waals surface area (Å²) in [4.78, 5) is 19.4. The molecule has 0 spiro atoms. The molecule has 0 saturated carbocycles. The van der Waals surface area contributed by atoms with Crippen molar-refractivity contribution in [2.24, 2.45) is 5.73 Å². The number of H-pyrrole nitrogens is 1. The van der Waals surface area contributed by atoms with Crippen LogP contribution >= 0.6 is 0 Å². The fourth-order valence-electron chi connectivity index (χ4n) is 3.21. The minimum absolute atomic E-state index is 0.420. The molecule has 0 bridgehead atoms. The van der Waals surface area contributed by atoms with Gasteiger partial charge in [-0.15, -0.1) is 0 Å². The predicted molar refractivity (Wildman–Crippen MR) is 97.0 cm³/mol. The van der Waals surface area contributed by atoms with Crippen LogP contribution in [0.5, 0.6) is 0 Å². The Hall–Kier alpha value is -3.14.